The molecule has 0 spiro atoms. The molecule has 0 bridgehead atoms. The van der Waals surface area contributed by atoms with Crippen LogP contribution in [0.1, 0.15) is 89.2 Å². The Balaban J connectivity index is 1.46. The third-order valence-corrected chi connectivity index (χ3v) is 10.2. The van der Waals surface area contributed by atoms with Crippen LogP contribution in [0.25, 0.3) is 0 Å². The van der Waals surface area contributed by atoms with Crippen molar-refractivity contribution in [3.05, 3.63) is 46.5 Å². The Labute approximate surface area is 241 Å². The van der Waals surface area contributed by atoms with Crippen LogP contribution in [0.2, 0.25) is 0 Å². The normalized spacial score (nSPS) is 34.2. The van der Waals surface area contributed by atoms with E-state index in [9.17, 15) is 9.90 Å². The maximum Gasteiger partial charge on any atom is 0.145 e. The zero-order valence-electron chi connectivity index (χ0n) is 24.8. The lowest BCUT2D eigenvalue weighted by atomic mass is 9.52. The fraction of sp³-hybridized carbons (Fsp3) is 0.686. The number of aldehydes is 1. The number of ether oxygens (including phenoxy) is 3. The number of aliphatic hydroxyl groups excluding tert-OH is 1. The molecule has 218 valence electrons. The van der Waals surface area contributed by atoms with E-state index in [0.29, 0.717) is 23.7 Å². The Morgan fingerprint density at radius 1 is 1.02 bits per heavy atom. The Morgan fingerprint density at radius 2 is 1.80 bits per heavy atom. The molecule has 0 aromatic heterocycles. The van der Waals surface area contributed by atoms with Gasteiger partial charge in [0.15, 0.2) is 0 Å². The maximum absolute atomic E-state index is 11.2. The summed E-state index contributed by atoms with van der Waals surface area (Å²) in [5, 5.41) is 11.2. The molecule has 4 aliphatic rings. The van der Waals surface area contributed by atoms with Crippen LogP contribution in [-0.4, -0.2) is 57.1 Å². The second-order valence-corrected chi connectivity index (χ2v) is 13.6. The molecule has 1 aromatic carbocycles. The summed E-state index contributed by atoms with van der Waals surface area (Å²) in [6.45, 7) is 10.3. The smallest absolute Gasteiger partial charge is 0.145 e. The van der Waals surface area contributed by atoms with Crippen molar-refractivity contribution in [1.29, 1.82) is 0 Å². The second-order valence-electron chi connectivity index (χ2n) is 13.6. The Morgan fingerprint density at radius 3 is 2.58 bits per heavy atom. The van der Waals surface area contributed by atoms with Gasteiger partial charge in [-0.05, 0) is 92.2 Å². The molecule has 0 amide bonds. The van der Waals surface area contributed by atoms with E-state index in [1.165, 1.54) is 18.4 Å². The standard InChI is InChI=1S/C35H48O5/c1-34(2)23-39-19-5-7-28-27(16-20-40-24-34)12-13-29-31-14-15-32(37)35(31,3)22-30(33(28)29)26-10-8-25(9-11-26)6-4-18-38-21-17-36/h8-11,17,27,29-32,37H,5,7,12-16,18-24H2,1-3H3. The van der Waals surface area contributed by atoms with Crippen molar-refractivity contribution in [1.82, 2.24) is 0 Å². The van der Waals surface area contributed by atoms with E-state index >= 15 is 0 Å². The van der Waals surface area contributed by atoms with Crippen molar-refractivity contribution in [2.45, 2.75) is 84.2 Å². The SMILES string of the molecule is CC1(C)COCCCC2=C3C(c4ccc(C#CCOCC=O)cc4)CC4(C)C(O)CCC4C3CCC2CCOC1. The van der Waals surface area contributed by atoms with E-state index in [0.717, 1.165) is 76.8 Å². The third kappa shape index (κ3) is 6.41. The molecular formula is C35H48O5. The van der Waals surface area contributed by atoms with Crippen molar-refractivity contribution in [3.63, 3.8) is 0 Å². The van der Waals surface area contributed by atoms with Crippen molar-refractivity contribution in [2.75, 3.05) is 39.6 Å². The Bertz CT molecular complexity index is 1110. The summed E-state index contributed by atoms with van der Waals surface area (Å²) in [4.78, 5) is 10.4. The number of hydrogen-bond donors (Lipinski definition) is 1. The first kappa shape index (κ1) is 29.5. The number of fused-ring (bicyclic) bond motifs is 4. The lowest BCUT2D eigenvalue weighted by molar-refractivity contribution is -0.111. The summed E-state index contributed by atoms with van der Waals surface area (Å²) < 4.78 is 17.5. The third-order valence-electron chi connectivity index (χ3n) is 10.2. The monoisotopic (exact) mass is 548 g/mol. The number of carbonyl (C=O) groups is 1. The lowest BCUT2D eigenvalue weighted by Gasteiger charge is -2.52. The molecular weight excluding hydrogens is 500 g/mol. The van der Waals surface area contributed by atoms with Crippen molar-refractivity contribution in [3.8, 4) is 11.8 Å². The highest BCUT2D eigenvalue weighted by atomic mass is 16.5. The molecule has 3 aliphatic carbocycles. The number of hydrogen-bond acceptors (Lipinski definition) is 5. The molecule has 2 saturated carbocycles. The van der Waals surface area contributed by atoms with E-state index in [4.69, 9.17) is 14.2 Å². The van der Waals surface area contributed by atoms with Gasteiger partial charge in [-0.1, -0.05) is 55.9 Å². The quantitative estimate of drug-likeness (QED) is 0.214. The molecule has 6 unspecified atom stereocenters. The first-order chi connectivity index (χ1) is 19.3. The molecule has 5 heteroatoms. The molecule has 40 heavy (non-hydrogen) atoms. The van der Waals surface area contributed by atoms with Crippen LogP contribution in [0.3, 0.4) is 0 Å². The molecule has 1 saturated heterocycles. The van der Waals surface area contributed by atoms with Crippen LogP contribution >= 0.6 is 0 Å². The molecule has 1 heterocycles. The van der Waals surface area contributed by atoms with Gasteiger partial charge in [-0.15, -0.1) is 0 Å². The summed E-state index contributed by atoms with van der Waals surface area (Å²) >= 11 is 0. The van der Waals surface area contributed by atoms with Gasteiger partial charge in [0.2, 0.25) is 0 Å². The van der Waals surface area contributed by atoms with Gasteiger partial charge in [-0.3, -0.25) is 0 Å². The molecule has 0 radical (unpaired) electrons. The molecule has 3 fully saturated rings. The fourth-order valence-corrected chi connectivity index (χ4v) is 8.21. The molecule has 5 nitrogen and oxygen atoms in total. The van der Waals surface area contributed by atoms with Gasteiger partial charge in [-0.25, -0.2) is 0 Å². The second kappa shape index (κ2) is 12.9. The minimum Gasteiger partial charge on any atom is -0.393 e. The van der Waals surface area contributed by atoms with Crippen molar-refractivity contribution >= 4 is 6.29 Å². The highest BCUT2D eigenvalue weighted by Gasteiger charge is 2.56. The molecule has 1 N–H and O–H groups in total. The van der Waals surface area contributed by atoms with Gasteiger partial charge in [0.05, 0.1) is 19.3 Å². The maximum atomic E-state index is 11.2. The van der Waals surface area contributed by atoms with E-state index in [-0.39, 0.29) is 30.1 Å². The van der Waals surface area contributed by atoms with Crippen LogP contribution in [0, 0.1) is 40.4 Å². The number of aliphatic hydroxyl groups is 1. The van der Waals surface area contributed by atoms with Gasteiger partial charge in [0, 0.05) is 30.1 Å². The van der Waals surface area contributed by atoms with Gasteiger partial charge >= 0.3 is 0 Å². The summed E-state index contributed by atoms with van der Waals surface area (Å²) in [6.07, 6.45) is 9.31. The number of allylic oxidation sites excluding steroid dienone is 2. The lowest BCUT2D eigenvalue weighted by Crippen LogP contribution is -2.45. The van der Waals surface area contributed by atoms with Gasteiger partial charge in [-0.2, -0.15) is 0 Å². The topological polar surface area (TPSA) is 65.0 Å². The summed E-state index contributed by atoms with van der Waals surface area (Å²) in [5.74, 6) is 8.17. The summed E-state index contributed by atoms with van der Waals surface area (Å²) in [5.41, 5.74) is 5.68. The minimum atomic E-state index is -0.220. The van der Waals surface area contributed by atoms with Crippen LogP contribution in [0.15, 0.2) is 35.4 Å². The highest BCUT2D eigenvalue weighted by Crippen LogP contribution is 2.63. The van der Waals surface area contributed by atoms with E-state index in [1.807, 2.05) is 0 Å². The van der Waals surface area contributed by atoms with Crippen molar-refractivity contribution in [2.24, 2.45) is 28.6 Å². The van der Waals surface area contributed by atoms with Crippen LogP contribution in [0.5, 0.6) is 0 Å². The zero-order valence-corrected chi connectivity index (χ0v) is 24.8. The average Bonchev–Trinajstić information content (AvgIpc) is 3.24. The fourth-order valence-electron chi connectivity index (χ4n) is 8.21. The molecule has 1 aliphatic heterocycles. The van der Waals surface area contributed by atoms with Crippen LogP contribution in [-0.2, 0) is 19.0 Å². The predicted molar refractivity (Wildman–Crippen MR) is 157 cm³/mol. The number of benzene rings is 1. The minimum absolute atomic E-state index is 0.0379. The van der Waals surface area contributed by atoms with E-state index in [2.05, 4.69) is 56.9 Å². The molecule has 5 rings (SSSR count). The van der Waals surface area contributed by atoms with Crippen LogP contribution < -0.4 is 0 Å². The summed E-state index contributed by atoms with van der Waals surface area (Å²) in [6, 6.07) is 8.74. The molecule has 1 aromatic rings. The Kier molecular flexibility index (Phi) is 9.52. The molecule has 6 atom stereocenters. The Hall–Kier alpha value is -1.97. The summed E-state index contributed by atoms with van der Waals surface area (Å²) in [7, 11) is 0. The average molecular weight is 549 g/mol. The van der Waals surface area contributed by atoms with Gasteiger partial charge < -0.3 is 24.1 Å². The van der Waals surface area contributed by atoms with Gasteiger partial charge in [0.1, 0.15) is 19.5 Å². The van der Waals surface area contributed by atoms with E-state index < -0.39 is 0 Å². The number of carbonyl (C=O) groups excluding carboxylic acids is 1. The predicted octanol–water partition coefficient (Wildman–Crippen LogP) is 6.08. The first-order valence-electron chi connectivity index (χ1n) is 15.5. The van der Waals surface area contributed by atoms with Crippen molar-refractivity contribution < 1.29 is 24.1 Å². The van der Waals surface area contributed by atoms with Gasteiger partial charge in [0.25, 0.3) is 0 Å². The zero-order chi connectivity index (χ0) is 28.2. The van der Waals surface area contributed by atoms with Crippen LogP contribution in [0.4, 0.5) is 0 Å². The van der Waals surface area contributed by atoms with E-state index in [1.54, 1.807) is 11.1 Å². The number of rotatable bonds is 4. The first-order valence-corrected chi connectivity index (χ1v) is 15.5. The highest BCUT2D eigenvalue weighted by molar-refractivity contribution is 5.50. The largest absolute Gasteiger partial charge is 0.393 e.